The van der Waals surface area contributed by atoms with E-state index in [1.54, 1.807) is 28.6 Å². The molecule has 0 unspecified atom stereocenters. The van der Waals surface area contributed by atoms with Gasteiger partial charge in [0.1, 0.15) is 6.61 Å². The Hall–Kier alpha value is -1.52. The standard InChI is InChI=1S/C21H24BrCl2N5O2S/c1-3-30-19-10-14(12-25-7-4-8-32-21-26-27-28-29(21)2)9-17(22)20(19)31-13-15-5-6-16(23)11-18(15)24/h5-6,9-11,25H,3-4,7-8,12-13H2,1-2H3. The zero-order valence-electron chi connectivity index (χ0n) is 17.8. The molecule has 0 amide bonds. The van der Waals surface area contributed by atoms with Gasteiger partial charge in [0.05, 0.1) is 11.1 Å². The molecule has 11 heteroatoms. The predicted octanol–water partition coefficient (Wildman–Crippen LogP) is 5.53. The van der Waals surface area contributed by atoms with Crippen molar-refractivity contribution in [2.24, 2.45) is 7.05 Å². The summed E-state index contributed by atoms with van der Waals surface area (Å²) < 4.78 is 14.4. The Bertz CT molecular complexity index is 1040. The lowest BCUT2D eigenvalue weighted by Gasteiger charge is -2.16. The minimum atomic E-state index is 0.310. The maximum Gasteiger partial charge on any atom is 0.209 e. The Kier molecular flexibility index (Phi) is 9.92. The summed E-state index contributed by atoms with van der Waals surface area (Å²) in [5.41, 5.74) is 1.95. The van der Waals surface area contributed by atoms with E-state index >= 15 is 0 Å². The lowest BCUT2D eigenvalue weighted by atomic mass is 10.2. The Balaban J connectivity index is 1.54. The van der Waals surface area contributed by atoms with Crippen LogP contribution in [0, 0.1) is 0 Å². The molecule has 0 fully saturated rings. The maximum absolute atomic E-state index is 6.26. The lowest BCUT2D eigenvalue weighted by molar-refractivity contribution is 0.267. The summed E-state index contributed by atoms with van der Waals surface area (Å²) in [4.78, 5) is 0. The average Bonchev–Trinajstić information content (AvgIpc) is 3.16. The topological polar surface area (TPSA) is 74.1 Å². The number of nitrogens with zero attached hydrogens (tertiary/aromatic N) is 4. The second-order valence-electron chi connectivity index (χ2n) is 6.83. The van der Waals surface area contributed by atoms with E-state index in [-0.39, 0.29) is 0 Å². The molecule has 3 rings (SSSR count). The molecule has 0 radical (unpaired) electrons. The molecule has 172 valence electrons. The molecule has 0 atom stereocenters. The molecule has 7 nitrogen and oxygen atoms in total. The van der Waals surface area contributed by atoms with Gasteiger partial charge < -0.3 is 14.8 Å². The van der Waals surface area contributed by atoms with Gasteiger partial charge in [0.15, 0.2) is 11.5 Å². The normalized spacial score (nSPS) is 11.0. The number of ether oxygens (including phenoxy) is 2. The summed E-state index contributed by atoms with van der Waals surface area (Å²) in [6.07, 6.45) is 1.00. The summed E-state index contributed by atoms with van der Waals surface area (Å²) >= 11 is 17.5. The highest BCUT2D eigenvalue weighted by Crippen LogP contribution is 2.38. The van der Waals surface area contributed by atoms with Crippen LogP contribution in [0.3, 0.4) is 0 Å². The highest BCUT2D eigenvalue weighted by molar-refractivity contribution is 9.10. The smallest absolute Gasteiger partial charge is 0.209 e. The minimum Gasteiger partial charge on any atom is -0.490 e. The number of nitrogens with one attached hydrogen (secondary N) is 1. The van der Waals surface area contributed by atoms with Crippen molar-refractivity contribution in [3.05, 3.63) is 56.0 Å². The zero-order valence-corrected chi connectivity index (χ0v) is 21.7. The highest BCUT2D eigenvalue weighted by Gasteiger charge is 2.14. The molecule has 0 aliphatic heterocycles. The van der Waals surface area contributed by atoms with E-state index in [2.05, 4.69) is 36.8 Å². The van der Waals surface area contributed by atoms with Gasteiger partial charge in [0.25, 0.3) is 0 Å². The van der Waals surface area contributed by atoms with Gasteiger partial charge in [0.2, 0.25) is 5.16 Å². The number of thioether (sulfide) groups is 1. The zero-order chi connectivity index (χ0) is 22.9. The van der Waals surface area contributed by atoms with E-state index in [1.807, 2.05) is 32.2 Å². The highest BCUT2D eigenvalue weighted by atomic mass is 79.9. The molecular formula is C21H24BrCl2N5O2S. The Morgan fingerprint density at radius 3 is 2.75 bits per heavy atom. The first-order chi connectivity index (χ1) is 15.5. The van der Waals surface area contributed by atoms with E-state index < -0.39 is 0 Å². The molecule has 0 spiro atoms. The Labute approximate surface area is 210 Å². The van der Waals surface area contributed by atoms with E-state index in [1.165, 1.54) is 0 Å². The molecule has 1 aromatic heterocycles. The van der Waals surface area contributed by atoms with Crippen LogP contribution in [0.15, 0.2) is 40.0 Å². The van der Waals surface area contributed by atoms with E-state index in [0.717, 1.165) is 46.0 Å². The SMILES string of the molecule is CCOc1cc(CNCCCSc2nnnn2C)cc(Br)c1OCc1ccc(Cl)cc1Cl. The third kappa shape index (κ3) is 7.25. The van der Waals surface area contributed by atoms with Crippen molar-refractivity contribution < 1.29 is 9.47 Å². The number of aryl methyl sites for hydroxylation is 1. The molecular weight excluding hydrogens is 537 g/mol. The Morgan fingerprint density at radius 2 is 2.03 bits per heavy atom. The van der Waals surface area contributed by atoms with Crippen molar-refractivity contribution in [1.82, 2.24) is 25.5 Å². The number of hydrogen-bond acceptors (Lipinski definition) is 7. The average molecular weight is 561 g/mol. The van der Waals surface area contributed by atoms with Crippen LogP contribution in [0.2, 0.25) is 10.0 Å². The number of aromatic nitrogens is 4. The second-order valence-corrected chi connectivity index (χ2v) is 9.59. The van der Waals surface area contributed by atoms with Gasteiger partial charge >= 0.3 is 0 Å². The third-order valence-corrected chi connectivity index (χ3v) is 6.67. The molecule has 1 N–H and O–H groups in total. The fourth-order valence-electron chi connectivity index (χ4n) is 2.85. The van der Waals surface area contributed by atoms with Crippen molar-refractivity contribution in [2.75, 3.05) is 18.9 Å². The molecule has 0 bridgehead atoms. The van der Waals surface area contributed by atoms with Gasteiger partial charge in [-0.3, -0.25) is 0 Å². The van der Waals surface area contributed by atoms with Crippen LogP contribution >= 0.6 is 50.9 Å². The molecule has 2 aromatic carbocycles. The summed E-state index contributed by atoms with van der Waals surface area (Å²) in [7, 11) is 1.84. The monoisotopic (exact) mass is 559 g/mol. The predicted molar refractivity (Wildman–Crippen MR) is 132 cm³/mol. The largest absolute Gasteiger partial charge is 0.490 e. The molecule has 0 aliphatic rings. The summed E-state index contributed by atoms with van der Waals surface area (Å²) in [6.45, 7) is 4.40. The number of rotatable bonds is 12. The maximum atomic E-state index is 6.26. The third-order valence-electron chi connectivity index (χ3n) is 4.40. The Morgan fingerprint density at radius 1 is 1.19 bits per heavy atom. The van der Waals surface area contributed by atoms with Crippen LogP contribution in [-0.4, -0.2) is 39.1 Å². The van der Waals surface area contributed by atoms with Crippen molar-refractivity contribution in [3.8, 4) is 11.5 Å². The van der Waals surface area contributed by atoms with Crippen LogP contribution in [-0.2, 0) is 20.2 Å². The van der Waals surface area contributed by atoms with Gasteiger partial charge in [0, 0.05) is 35.0 Å². The van der Waals surface area contributed by atoms with Gasteiger partial charge in [-0.25, -0.2) is 4.68 Å². The number of halogens is 3. The molecule has 1 heterocycles. The first-order valence-corrected chi connectivity index (χ1v) is 12.6. The van der Waals surface area contributed by atoms with Crippen molar-refractivity contribution in [1.29, 1.82) is 0 Å². The van der Waals surface area contributed by atoms with Crippen molar-refractivity contribution in [3.63, 3.8) is 0 Å². The molecule has 0 aliphatic carbocycles. The minimum absolute atomic E-state index is 0.310. The van der Waals surface area contributed by atoms with Gasteiger partial charge in [-0.15, -0.1) is 5.10 Å². The summed E-state index contributed by atoms with van der Waals surface area (Å²) in [5.74, 6) is 2.28. The van der Waals surface area contributed by atoms with Crippen LogP contribution in [0.5, 0.6) is 11.5 Å². The first kappa shape index (κ1) is 25.1. The molecule has 0 saturated carbocycles. The van der Waals surface area contributed by atoms with E-state index in [4.69, 9.17) is 32.7 Å². The van der Waals surface area contributed by atoms with Crippen LogP contribution in [0.1, 0.15) is 24.5 Å². The lowest BCUT2D eigenvalue weighted by Crippen LogP contribution is -2.15. The van der Waals surface area contributed by atoms with Crippen LogP contribution < -0.4 is 14.8 Å². The van der Waals surface area contributed by atoms with E-state index in [9.17, 15) is 0 Å². The van der Waals surface area contributed by atoms with Gasteiger partial charge in [-0.1, -0.05) is 41.0 Å². The number of hydrogen-bond donors (Lipinski definition) is 1. The summed E-state index contributed by atoms with van der Waals surface area (Å²) in [5, 5.41) is 16.9. The van der Waals surface area contributed by atoms with Gasteiger partial charge in [-0.05, 0) is 76.1 Å². The second kappa shape index (κ2) is 12.6. The van der Waals surface area contributed by atoms with Crippen LogP contribution in [0.25, 0.3) is 0 Å². The van der Waals surface area contributed by atoms with E-state index in [0.29, 0.717) is 34.8 Å². The van der Waals surface area contributed by atoms with Gasteiger partial charge in [-0.2, -0.15) is 0 Å². The fourth-order valence-corrected chi connectivity index (χ4v) is 4.71. The number of benzene rings is 2. The van der Waals surface area contributed by atoms with Crippen molar-refractivity contribution >= 4 is 50.9 Å². The van der Waals surface area contributed by atoms with Crippen LogP contribution in [0.4, 0.5) is 0 Å². The quantitative estimate of drug-likeness (QED) is 0.230. The molecule has 0 saturated heterocycles. The molecule has 3 aromatic rings. The van der Waals surface area contributed by atoms with Crippen molar-refractivity contribution in [2.45, 2.75) is 31.7 Å². The summed E-state index contributed by atoms with van der Waals surface area (Å²) in [6, 6.07) is 9.39. The fraction of sp³-hybridized carbons (Fsp3) is 0.381. The number of tetrazole rings is 1. The first-order valence-electron chi connectivity index (χ1n) is 10.1. The molecule has 32 heavy (non-hydrogen) atoms.